The lowest BCUT2D eigenvalue weighted by molar-refractivity contribution is 0.557. The number of hydrogen-bond donors (Lipinski definition) is 1. The second kappa shape index (κ2) is 6.61. The van der Waals surface area contributed by atoms with Gasteiger partial charge in [-0.15, -0.1) is 0 Å². The van der Waals surface area contributed by atoms with Crippen LogP contribution in [0.15, 0.2) is 0 Å². The van der Waals surface area contributed by atoms with Gasteiger partial charge in [0.25, 0.3) is 0 Å². The summed E-state index contributed by atoms with van der Waals surface area (Å²) in [4.78, 5) is 0. The van der Waals surface area contributed by atoms with Crippen LogP contribution in [-0.4, -0.2) is 28.3 Å². The minimum absolute atomic E-state index is 0.315. The molecule has 0 amide bonds. The Kier molecular flexibility index (Phi) is 6.67. The molecule has 0 aliphatic heterocycles. The van der Waals surface area contributed by atoms with Gasteiger partial charge in [0.1, 0.15) is 0 Å². The van der Waals surface area contributed by atoms with E-state index in [0.717, 1.165) is 18.6 Å². The van der Waals surface area contributed by atoms with Crippen LogP contribution in [0.5, 0.6) is 0 Å². The lowest BCUT2D eigenvalue weighted by Crippen LogP contribution is -2.22. The molecule has 0 bridgehead atoms. The summed E-state index contributed by atoms with van der Waals surface area (Å²) >= 11 is 0. The summed E-state index contributed by atoms with van der Waals surface area (Å²) < 4.78 is 11.3. The van der Waals surface area contributed by atoms with Crippen LogP contribution in [0.3, 0.4) is 0 Å². The first-order chi connectivity index (χ1) is 5.57. The fraction of sp³-hybridized carbons (Fsp3) is 1.00. The number of nitrogens with one attached hydrogen (secondary N) is 1. The SMILES string of the molecule is CNC(C)CCCS(=O)C(C)C. The molecule has 0 saturated heterocycles. The van der Waals surface area contributed by atoms with E-state index in [1.165, 1.54) is 0 Å². The zero-order valence-corrected chi connectivity index (χ0v) is 9.41. The highest BCUT2D eigenvalue weighted by atomic mass is 32.2. The maximum Gasteiger partial charge on any atom is 0.0291 e. The van der Waals surface area contributed by atoms with Crippen LogP contribution < -0.4 is 5.32 Å². The summed E-state index contributed by atoms with van der Waals surface area (Å²) in [6.07, 6.45) is 2.18. The lowest BCUT2D eigenvalue weighted by Gasteiger charge is -2.10. The van der Waals surface area contributed by atoms with Crippen LogP contribution in [-0.2, 0) is 10.8 Å². The average Bonchev–Trinajstić information content (AvgIpc) is 2.03. The second-order valence-corrected chi connectivity index (χ2v) is 5.58. The summed E-state index contributed by atoms with van der Waals surface area (Å²) in [6.45, 7) is 6.17. The second-order valence-electron chi connectivity index (χ2n) is 3.47. The van der Waals surface area contributed by atoms with Crippen molar-refractivity contribution in [1.29, 1.82) is 0 Å². The van der Waals surface area contributed by atoms with Crippen LogP contribution in [0.2, 0.25) is 0 Å². The molecule has 2 unspecified atom stereocenters. The normalized spacial score (nSPS) is 16.4. The van der Waals surface area contributed by atoms with Gasteiger partial charge in [-0.05, 0) is 26.8 Å². The van der Waals surface area contributed by atoms with Gasteiger partial charge in [0.05, 0.1) is 0 Å². The molecule has 0 aromatic rings. The predicted molar refractivity (Wildman–Crippen MR) is 55.9 cm³/mol. The zero-order chi connectivity index (χ0) is 9.56. The van der Waals surface area contributed by atoms with Crippen molar-refractivity contribution in [1.82, 2.24) is 5.32 Å². The molecule has 74 valence electrons. The summed E-state index contributed by atoms with van der Waals surface area (Å²) in [5.41, 5.74) is 0. The standard InChI is InChI=1S/C9H21NOS/c1-8(2)12(11)7-5-6-9(3)10-4/h8-10H,5-7H2,1-4H3. The molecule has 0 aromatic carbocycles. The zero-order valence-electron chi connectivity index (χ0n) is 8.59. The van der Waals surface area contributed by atoms with Crippen molar-refractivity contribution in [3.63, 3.8) is 0 Å². The van der Waals surface area contributed by atoms with E-state index in [2.05, 4.69) is 12.2 Å². The van der Waals surface area contributed by atoms with Crippen molar-refractivity contribution >= 4 is 10.8 Å². The summed E-state index contributed by atoms with van der Waals surface area (Å²) in [7, 11) is 1.34. The third kappa shape index (κ3) is 5.72. The Morgan fingerprint density at radius 1 is 1.33 bits per heavy atom. The van der Waals surface area contributed by atoms with E-state index in [-0.39, 0.29) is 0 Å². The Morgan fingerprint density at radius 2 is 1.92 bits per heavy atom. The van der Waals surface area contributed by atoms with E-state index in [1.54, 1.807) is 0 Å². The minimum atomic E-state index is -0.618. The Hall–Kier alpha value is 0.110. The Morgan fingerprint density at radius 3 is 2.33 bits per heavy atom. The average molecular weight is 191 g/mol. The van der Waals surface area contributed by atoms with Crippen molar-refractivity contribution in [2.24, 2.45) is 0 Å². The van der Waals surface area contributed by atoms with Crippen LogP contribution in [0.1, 0.15) is 33.6 Å². The highest BCUT2D eigenvalue weighted by Crippen LogP contribution is 2.01. The molecule has 3 heteroatoms. The first-order valence-electron chi connectivity index (χ1n) is 4.62. The Bertz CT molecular complexity index is 136. The van der Waals surface area contributed by atoms with Crippen molar-refractivity contribution in [3.8, 4) is 0 Å². The van der Waals surface area contributed by atoms with E-state index < -0.39 is 10.8 Å². The molecule has 0 aliphatic rings. The van der Waals surface area contributed by atoms with Gasteiger partial charge in [0.2, 0.25) is 0 Å². The maximum atomic E-state index is 11.3. The first kappa shape index (κ1) is 12.1. The van der Waals surface area contributed by atoms with E-state index in [9.17, 15) is 4.21 Å². The van der Waals surface area contributed by atoms with Gasteiger partial charge >= 0.3 is 0 Å². The van der Waals surface area contributed by atoms with Gasteiger partial charge in [0, 0.05) is 27.8 Å². The smallest absolute Gasteiger partial charge is 0.0291 e. The van der Waals surface area contributed by atoms with Gasteiger partial charge in [-0.25, -0.2) is 0 Å². The van der Waals surface area contributed by atoms with Crippen molar-refractivity contribution < 1.29 is 4.21 Å². The molecule has 2 atom stereocenters. The van der Waals surface area contributed by atoms with Gasteiger partial charge in [-0.1, -0.05) is 13.8 Å². The van der Waals surface area contributed by atoms with Gasteiger partial charge < -0.3 is 5.32 Å². The van der Waals surface area contributed by atoms with Crippen molar-refractivity contribution in [2.75, 3.05) is 12.8 Å². The third-order valence-corrected chi connectivity index (χ3v) is 3.74. The summed E-state index contributed by atoms with van der Waals surface area (Å²) in [5, 5.41) is 3.48. The summed E-state index contributed by atoms with van der Waals surface area (Å²) in [6, 6.07) is 0.550. The Labute approximate surface area is 78.6 Å². The van der Waals surface area contributed by atoms with Crippen molar-refractivity contribution in [2.45, 2.75) is 44.9 Å². The topological polar surface area (TPSA) is 29.1 Å². The monoisotopic (exact) mass is 191 g/mol. The van der Waals surface area contributed by atoms with Crippen LogP contribution in [0, 0.1) is 0 Å². The molecule has 2 nitrogen and oxygen atoms in total. The van der Waals surface area contributed by atoms with Gasteiger partial charge in [-0.3, -0.25) is 4.21 Å². The quantitative estimate of drug-likeness (QED) is 0.690. The van der Waals surface area contributed by atoms with Gasteiger partial charge in [0.15, 0.2) is 0 Å². The molecule has 0 heterocycles. The molecule has 0 aromatic heterocycles. The van der Waals surface area contributed by atoms with Crippen LogP contribution in [0.4, 0.5) is 0 Å². The molecule has 0 saturated carbocycles. The number of rotatable bonds is 6. The van der Waals surface area contributed by atoms with Crippen LogP contribution >= 0.6 is 0 Å². The van der Waals surface area contributed by atoms with Crippen LogP contribution in [0.25, 0.3) is 0 Å². The fourth-order valence-corrected chi connectivity index (χ4v) is 1.83. The molecule has 0 rings (SSSR count). The molecular formula is C9H21NOS. The molecular weight excluding hydrogens is 170 g/mol. The fourth-order valence-electron chi connectivity index (χ4n) is 0.912. The largest absolute Gasteiger partial charge is 0.317 e. The molecule has 12 heavy (non-hydrogen) atoms. The number of hydrogen-bond acceptors (Lipinski definition) is 2. The molecule has 0 fully saturated rings. The molecule has 0 spiro atoms. The minimum Gasteiger partial charge on any atom is -0.317 e. The van der Waals surface area contributed by atoms with E-state index in [0.29, 0.717) is 11.3 Å². The van der Waals surface area contributed by atoms with Gasteiger partial charge in [-0.2, -0.15) is 0 Å². The highest BCUT2D eigenvalue weighted by Gasteiger charge is 2.05. The van der Waals surface area contributed by atoms with Crippen molar-refractivity contribution in [3.05, 3.63) is 0 Å². The summed E-state index contributed by atoms with van der Waals surface area (Å²) in [5.74, 6) is 0.851. The Balaban J connectivity index is 3.37. The van der Waals surface area contributed by atoms with E-state index >= 15 is 0 Å². The molecule has 1 N–H and O–H groups in total. The highest BCUT2D eigenvalue weighted by molar-refractivity contribution is 7.85. The molecule has 0 radical (unpaired) electrons. The predicted octanol–water partition coefficient (Wildman–Crippen LogP) is 1.53. The lowest BCUT2D eigenvalue weighted by atomic mass is 10.2. The third-order valence-electron chi connectivity index (χ3n) is 2.00. The molecule has 0 aliphatic carbocycles. The van der Waals surface area contributed by atoms with E-state index in [4.69, 9.17) is 0 Å². The first-order valence-corrected chi connectivity index (χ1v) is 6.00. The van der Waals surface area contributed by atoms with E-state index in [1.807, 2.05) is 20.9 Å². The maximum absolute atomic E-state index is 11.3.